The zero-order valence-corrected chi connectivity index (χ0v) is 19.0. The number of nitrogens with one attached hydrogen (secondary N) is 1. The van der Waals surface area contributed by atoms with Crippen LogP contribution in [0.2, 0.25) is 10.2 Å². The summed E-state index contributed by atoms with van der Waals surface area (Å²) >= 11 is 12.0. The minimum absolute atomic E-state index is 0.0308. The predicted molar refractivity (Wildman–Crippen MR) is 117 cm³/mol. The molecule has 0 saturated carbocycles. The summed E-state index contributed by atoms with van der Waals surface area (Å²) in [5, 5.41) is 11.2. The largest absolute Gasteiger partial charge is 0.433 e. The van der Waals surface area contributed by atoms with Crippen molar-refractivity contribution in [1.82, 2.24) is 29.7 Å². The van der Waals surface area contributed by atoms with Crippen LogP contribution in [0.15, 0.2) is 36.4 Å². The quantitative estimate of drug-likeness (QED) is 0.284. The number of nitrogens with zero attached hydrogens (tertiary/aromatic N) is 5. The lowest BCUT2D eigenvalue weighted by atomic mass is 10.1. The zero-order valence-electron chi connectivity index (χ0n) is 17.5. The Labute approximate surface area is 200 Å². The van der Waals surface area contributed by atoms with Crippen LogP contribution in [0.5, 0.6) is 0 Å². The van der Waals surface area contributed by atoms with Crippen LogP contribution in [0.1, 0.15) is 28.3 Å². The Bertz CT molecular complexity index is 1360. The molecular weight excluding hydrogens is 499 g/mol. The fourth-order valence-corrected chi connectivity index (χ4v) is 3.65. The number of aromatic nitrogens is 5. The van der Waals surface area contributed by atoms with E-state index in [0.29, 0.717) is 28.2 Å². The van der Waals surface area contributed by atoms with Crippen molar-refractivity contribution in [2.24, 2.45) is 0 Å². The fourth-order valence-electron chi connectivity index (χ4n) is 3.26. The molecule has 0 spiro atoms. The van der Waals surface area contributed by atoms with E-state index in [4.69, 9.17) is 23.2 Å². The van der Waals surface area contributed by atoms with Crippen LogP contribution >= 0.6 is 23.2 Å². The van der Waals surface area contributed by atoms with E-state index in [1.807, 2.05) is 0 Å². The summed E-state index contributed by atoms with van der Waals surface area (Å²) in [6.45, 7) is 2.28. The molecule has 34 heavy (non-hydrogen) atoms. The Balaban J connectivity index is 1.54. The average molecular weight is 515 g/mol. The molecule has 1 amide bonds. The van der Waals surface area contributed by atoms with Crippen molar-refractivity contribution in [2.75, 3.05) is 6.54 Å². The van der Waals surface area contributed by atoms with E-state index in [2.05, 4.69) is 20.5 Å². The predicted octanol–water partition coefficient (Wildman–Crippen LogP) is 5.19. The van der Waals surface area contributed by atoms with Gasteiger partial charge in [-0.15, -0.1) is 0 Å². The van der Waals surface area contributed by atoms with Crippen molar-refractivity contribution >= 4 is 34.8 Å². The molecule has 0 aliphatic carbocycles. The summed E-state index contributed by atoms with van der Waals surface area (Å²) in [5.41, 5.74) is -0.686. The molecule has 3 aromatic heterocycles. The molecule has 3 heterocycles. The first-order valence-corrected chi connectivity index (χ1v) is 10.7. The van der Waals surface area contributed by atoms with Crippen LogP contribution in [-0.2, 0) is 12.7 Å². The third-order valence-electron chi connectivity index (χ3n) is 4.92. The number of hydrogen-bond donors (Lipinski definition) is 1. The summed E-state index contributed by atoms with van der Waals surface area (Å²) in [6.07, 6.45) is -4.32. The van der Waals surface area contributed by atoms with E-state index in [-0.39, 0.29) is 34.3 Å². The van der Waals surface area contributed by atoms with E-state index in [9.17, 15) is 22.4 Å². The van der Waals surface area contributed by atoms with Crippen molar-refractivity contribution in [2.45, 2.75) is 26.1 Å². The van der Waals surface area contributed by atoms with Crippen LogP contribution in [0.4, 0.5) is 17.6 Å². The van der Waals surface area contributed by atoms with Gasteiger partial charge in [-0.25, -0.2) is 13.9 Å². The van der Waals surface area contributed by atoms with Gasteiger partial charge in [0.05, 0.1) is 11.4 Å². The highest BCUT2D eigenvalue weighted by molar-refractivity contribution is 6.41. The van der Waals surface area contributed by atoms with Gasteiger partial charge in [0.2, 0.25) is 0 Å². The Morgan fingerprint density at radius 3 is 2.44 bits per heavy atom. The highest BCUT2D eigenvalue weighted by Gasteiger charge is 2.35. The van der Waals surface area contributed by atoms with Crippen molar-refractivity contribution in [3.63, 3.8) is 0 Å². The smallest absolute Gasteiger partial charge is 0.351 e. The number of carbonyl (C=O) groups is 1. The third kappa shape index (κ3) is 4.85. The third-order valence-corrected chi connectivity index (χ3v) is 5.85. The number of rotatable bonds is 6. The summed E-state index contributed by atoms with van der Waals surface area (Å²) in [4.78, 5) is 16.7. The van der Waals surface area contributed by atoms with Gasteiger partial charge in [0.15, 0.2) is 17.0 Å². The van der Waals surface area contributed by atoms with Crippen molar-refractivity contribution < 1.29 is 22.4 Å². The monoisotopic (exact) mass is 514 g/mol. The number of halogens is 6. The molecule has 0 bridgehead atoms. The maximum atomic E-state index is 13.7. The molecule has 1 N–H and O–H groups in total. The fraction of sp³-hybridized carbons (Fsp3) is 0.238. The Morgan fingerprint density at radius 2 is 1.82 bits per heavy atom. The van der Waals surface area contributed by atoms with Crippen LogP contribution in [0.3, 0.4) is 0 Å². The number of hydrogen-bond acceptors (Lipinski definition) is 4. The van der Waals surface area contributed by atoms with E-state index in [1.165, 1.54) is 16.8 Å². The normalized spacial score (nSPS) is 11.9. The summed E-state index contributed by atoms with van der Waals surface area (Å²) < 4.78 is 56.3. The van der Waals surface area contributed by atoms with Crippen molar-refractivity contribution in [1.29, 1.82) is 0 Å². The van der Waals surface area contributed by atoms with Gasteiger partial charge in [-0.1, -0.05) is 23.2 Å². The molecular formula is C21H16Cl2F4N6O. The van der Waals surface area contributed by atoms with Crippen LogP contribution in [0.25, 0.3) is 16.9 Å². The highest BCUT2D eigenvalue weighted by Crippen LogP contribution is 2.32. The SMILES string of the molecule is Cc1nn(CCCNC(=O)c2cc3nc(-c4ccc(F)cc4)cc(C(F)(F)F)n3n2)c(Cl)c1Cl. The molecule has 4 rings (SSSR count). The number of benzene rings is 1. The Hall–Kier alpha value is -3.18. The lowest BCUT2D eigenvalue weighted by Crippen LogP contribution is -2.26. The second kappa shape index (κ2) is 9.22. The molecule has 0 aliphatic heterocycles. The van der Waals surface area contributed by atoms with Gasteiger partial charge in [-0.2, -0.15) is 23.4 Å². The van der Waals surface area contributed by atoms with E-state index in [1.54, 1.807) is 6.92 Å². The van der Waals surface area contributed by atoms with E-state index < -0.39 is 23.6 Å². The molecule has 0 unspecified atom stereocenters. The molecule has 4 aromatic rings. The van der Waals surface area contributed by atoms with Gasteiger partial charge < -0.3 is 5.32 Å². The summed E-state index contributed by atoms with van der Waals surface area (Å²) in [5.74, 6) is -1.19. The number of aryl methyl sites for hydroxylation is 2. The molecule has 0 fully saturated rings. The lowest BCUT2D eigenvalue weighted by molar-refractivity contribution is -0.142. The lowest BCUT2D eigenvalue weighted by Gasteiger charge is -2.11. The van der Waals surface area contributed by atoms with Gasteiger partial charge >= 0.3 is 6.18 Å². The van der Waals surface area contributed by atoms with E-state index in [0.717, 1.165) is 24.3 Å². The first-order valence-electron chi connectivity index (χ1n) is 9.95. The van der Waals surface area contributed by atoms with Gasteiger partial charge in [-0.05, 0) is 43.7 Å². The zero-order chi connectivity index (χ0) is 24.6. The summed E-state index contributed by atoms with van der Waals surface area (Å²) in [7, 11) is 0. The number of alkyl halides is 3. The van der Waals surface area contributed by atoms with E-state index >= 15 is 0 Å². The summed E-state index contributed by atoms with van der Waals surface area (Å²) in [6, 6.07) is 6.84. The average Bonchev–Trinajstić information content (AvgIpc) is 3.32. The molecule has 7 nitrogen and oxygen atoms in total. The minimum Gasteiger partial charge on any atom is -0.351 e. The first-order chi connectivity index (χ1) is 16.0. The Morgan fingerprint density at radius 1 is 1.12 bits per heavy atom. The number of fused-ring (bicyclic) bond motifs is 1. The van der Waals surface area contributed by atoms with Gasteiger partial charge in [0.1, 0.15) is 16.0 Å². The van der Waals surface area contributed by atoms with Crippen LogP contribution < -0.4 is 5.32 Å². The number of amides is 1. The molecule has 13 heteroatoms. The van der Waals surface area contributed by atoms with Gasteiger partial charge in [0.25, 0.3) is 5.91 Å². The molecule has 0 atom stereocenters. The maximum Gasteiger partial charge on any atom is 0.433 e. The first kappa shape index (κ1) is 24.0. The van der Waals surface area contributed by atoms with Crippen LogP contribution in [-0.4, -0.2) is 36.8 Å². The topological polar surface area (TPSA) is 77.1 Å². The maximum absolute atomic E-state index is 13.7. The standard InChI is InChI=1S/C21H16Cl2F4N6O/c1-11-18(22)19(23)32(30-11)8-2-7-28-20(34)15-10-17-29-14(12-3-5-13(24)6-4-12)9-16(21(25,26)27)33(17)31-15/h3-6,9-10H,2,7-8H2,1H3,(H,28,34). The Kier molecular flexibility index (Phi) is 6.50. The minimum atomic E-state index is -4.77. The second-order valence-corrected chi connectivity index (χ2v) is 8.09. The molecule has 0 saturated heterocycles. The second-order valence-electron chi connectivity index (χ2n) is 7.35. The van der Waals surface area contributed by atoms with Gasteiger partial charge in [-0.3, -0.25) is 9.48 Å². The van der Waals surface area contributed by atoms with Crippen LogP contribution in [0, 0.1) is 12.7 Å². The van der Waals surface area contributed by atoms with Crippen molar-refractivity contribution in [3.05, 3.63) is 69.5 Å². The van der Waals surface area contributed by atoms with Crippen molar-refractivity contribution in [3.8, 4) is 11.3 Å². The molecule has 0 aliphatic rings. The molecule has 178 valence electrons. The molecule has 0 radical (unpaired) electrons. The number of carbonyl (C=O) groups excluding carboxylic acids is 1. The molecule has 1 aromatic carbocycles. The van der Waals surface area contributed by atoms with Gasteiger partial charge in [0, 0.05) is 24.7 Å². The highest BCUT2D eigenvalue weighted by atomic mass is 35.5.